The highest BCUT2D eigenvalue weighted by atomic mass is 16.5. The Kier molecular flexibility index (Phi) is 3.36. The van der Waals surface area contributed by atoms with Crippen LogP contribution in [-0.2, 0) is 9.53 Å². The molecule has 2 aromatic heterocycles. The number of ether oxygens (including phenoxy) is 1. The smallest absolute Gasteiger partial charge is 0.317 e. The van der Waals surface area contributed by atoms with E-state index in [1.807, 2.05) is 6.07 Å². The summed E-state index contributed by atoms with van der Waals surface area (Å²) in [6, 6.07) is 1.84. The van der Waals surface area contributed by atoms with Crippen molar-refractivity contribution < 1.29 is 9.53 Å². The van der Waals surface area contributed by atoms with Crippen LogP contribution < -0.4 is 0 Å². The van der Waals surface area contributed by atoms with E-state index in [-0.39, 0.29) is 12.4 Å². The molecule has 0 bridgehead atoms. The summed E-state index contributed by atoms with van der Waals surface area (Å²) in [5.74, 6) is 5.29. The van der Waals surface area contributed by atoms with Gasteiger partial charge in [-0.1, -0.05) is 11.8 Å². The summed E-state index contributed by atoms with van der Waals surface area (Å²) < 4.78 is 4.76. The lowest BCUT2D eigenvalue weighted by molar-refractivity contribution is -0.141. The second-order valence-corrected chi connectivity index (χ2v) is 3.31. The van der Waals surface area contributed by atoms with Gasteiger partial charge in [-0.25, -0.2) is 0 Å². The lowest BCUT2D eigenvalue weighted by Crippen LogP contribution is -2.01. The van der Waals surface area contributed by atoms with Gasteiger partial charge in [0.2, 0.25) is 0 Å². The fourth-order valence-corrected chi connectivity index (χ4v) is 1.33. The Morgan fingerprint density at radius 1 is 1.53 bits per heavy atom. The maximum atomic E-state index is 11.0. The molecule has 17 heavy (non-hydrogen) atoms. The van der Waals surface area contributed by atoms with Crippen LogP contribution in [0.15, 0.2) is 18.5 Å². The van der Waals surface area contributed by atoms with Gasteiger partial charge in [0.25, 0.3) is 0 Å². The van der Waals surface area contributed by atoms with Crippen LogP contribution in [0.2, 0.25) is 0 Å². The highest BCUT2D eigenvalue weighted by Crippen LogP contribution is 2.08. The average Bonchev–Trinajstić information content (AvgIpc) is 2.76. The molecule has 0 aromatic carbocycles. The van der Waals surface area contributed by atoms with Gasteiger partial charge in [0, 0.05) is 11.8 Å². The minimum atomic E-state index is -0.310. The van der Waals surface area contributed by atoms with Crippen molar-refractivity contribution in [2.75, 3.05) is 6.61 Å². The van der Waals surface area contributed by atoms with Crippen LogP contribution in [0.4, 0.5) is 0 Å². The molecule has 86 valence electrons. The van der Waals surface area contributed by atoms with Crippen molar-refractivity contribution in [3.05, 3.63) is 24.0 Å². The molecule has 0 aliphatic rings. The van der Waals surface area contributed by atoms with Crippen LogP contribution in [0.3, 0.4) is 0 Å². The maximum Gasteiger partial charge on any atom is 0.317 e. The number of esters is 1. The molecule has 0 radical (unpaired) electrons. The Labute approximate surface area is 98.2 Å². The van der Waals surface area contributed by atoms with Gasteiger partial charge in [-0.05, 0) is 13.0 Å². The van der Waals surface area contributed by atoms with E-state index in [9.17, 15) is 4.79 Å². The highest BCUT2D eigenvalue weighted by Gasteiger charge is 1.98. The van der Waals surface area contributed by atoms with Crippen molar-refractivity contribution >= 4 is 17.0 Å². The van der Waals surface area contributed by atoms with E-state index in [2.05, 4.69) is 27.0 Å². The first-order valence-electron chi connectivity index (χ1n) is 5.23. The van der Waals surface area contributed by atoms with Gasteiger partial charge in [0.15, 0.2) is 0 Å². The van der Waals surface area contributed by atoms with Gasteiger partial charge in [0.1, 0.15) is 11.9 Å². The van der Waals surface area contributed by atoms with E-state index in [0.29, 0.717) is 6.61 Å². The van der Waals surface area contributed by atoms with Crippen molar-refractivity contribution in [1.29, 1.82) is 0 Å². The third kappa shape index (κ3) is 2.82. The van der Waals surface area contributed by atoms with Gasteiger partial charge >= 0.3 is 5.97 Å². The number of pyridine rings is 1. The highest BCUT2D eigenvalue weighted by molar-refractivity contribution is 5.75. The molecule has 0 aliphatic carbocycles. The minimum absolute atomic E-state index is 0.0921. The first-order valence-corrected chi connectivity index (χ1v) is 5.23. The van der Waals surface area contributed by atoms with Gasteiger partial charge in [-0.3, -0.25) is 14.9 Å². The third-order valence-corrected chi connectivity index (χ3v) is 2.06. The second kappa shape index (κ2) is 5.12. The minimum Gasteiger partial charge on any atom is -0.465 e. The number of rotatable bonds is 2. The van der Waals surface area contributed by atoms with E-state index in [1.165, 1.54) is 0 Å². The largest absolute Gasteiger partial charge is 0.465 e. The van der Waals surface area contributed by atoms with Crippen LogP contribution in [-0.4, -0.2) is 27.8 Å². The van der Waals surface area contributed by atoms with Crippen molar-refractivity contribution in [3.8, 4) is 11.8 Å². The monoisotopic (exact) mass is 229 g/mol. The number of hydrogen-bond donors (Lipinski definition) is 1. The number of hydrogen-bond acceptors (Lipinski definition) is 4. The molecular formula is C12H11N3O2. The Hall–Kier alpha value is -2.35. The van der Waals surface area contributed by atoms with Gasteiger partial charge in [0.05, 0.1) is 18.3 Å². The fourth-order valence-electron chi connectivity index (χ4n) is 1.33. The molecule has 0 unspecified atom stereocenters. The Morgan fingerprint density at radius 3 is 3.24 bits per heavy atom. The third-order valence-electron chi connectivity index (χ3n) is 2.06. The van der Waals surface area contributed by atoms with E-state index >= 15 is 0 Å². The average molecular weight is 229 g/mol. The number of nitrogens with one attached hydrogen (secondary N) is 1. The summed E-state index contributed by atoms with van der Waals surface area (Å²) in [4.78, 5) is 15.2. The van der Waals surface area contributed by atoms with Gasteiger partial charge < -0.3 is 4.74 Å². The zero-order valence-electron chi connectivity index (χ0n) is 9.36. The SMILES string of the molecule is CCOC(=O)CC#Cc1cnc2cn[nH]c2c1. The van der Waals surface area contributed by atoms with Crippen LogP contribution in [0.1, 0.15) is 18.9 Å². The molecule has 2 rings (SSSR count). The second-order valence-electron chi connectivity index (χ2n) is 3.31. The quantitative estimate of drug-likeness (QED) is 0.622. The predicted molar refractivity (Wildman–Crippen MR) is 62.0 cm³/mol. The molecule has 0 amide bonds. The summed E-state index contributed by atoms with van der Waals surface area (Å²) in [7, 11) is 0. The predicted octanol–water partition coefficient (Wildman–Crippen LogP) is 1.26. The molecule has 2 aromatic rings. The molecule has 0 saturated heterocycles. The van der Waals surface area contributed by atoms with E-state index < -0.39 is 0 Å². The zero-order chi connectivity index (χ0) is 12.1. The van der Waals surface area contributed by atoms with Gasteiger partial charge in [-0.2, -0.15) is 5.10 Å². The maximum absolute atomic E-state index is 11.0. The number of H-pyrrole nitrogens is 1. The number of fused-ring (bicyclic) bond motifs is 1. The molecule has 0 atom stereocenters. The zero-order valence-corrected chi connectivity index (χ0v) is 9.36. The number of carbonyl (C=O) groups excluding carboxylic acids is 1. The molecule has 5 nitrogen and oxygen atoms in total. The summed E-state index contributed by atoms with van der Waals surface area (Å²) in [5, 5.41) is 6.67. The molecule has 0 saturated carbocycles. The summed E-state index contributed by atoms with van der Waals surface area (Å²) in [6.07, 6.45) is 3.38. The Balaban J connectivity index is 2.07. The lowest BCUT2D eigenvalue weighted by Gasteiger charge is -1.94. The van der Waals surface area contributed by atoms with E-state index in [4.69, 9.17) is 4.74 Å². The Bertz CT molecular complexity index is 592. The number of nitrogens with zero attached hydrogens (tertiary/aromatic N) is 2. The van der Waals surface area contributed by atoms with E-state index in [0.717, 1.165) is 16.6 Å². The number of carbonyl (C=O) groups is 1. The standard InChI is InChI=1S/C12H11N3O2/c1-2-17-12(16)5-3-4-9-6-10-11(13-7-9)8-14-15-10/h6-8H,2,5H2,1H3,(H,14,15). The normalized spacial score (nSPS) is 9.71. The van der Waals surface area contributed by atoms with E-state index in [1.54, 1.807) is 19.3 Å². The van der Waals surface area contributed by atoms with Crippen molar-refractivity contribution in [1.82, 2.24) is 15.2 Å². The molecule has 1 N–H and O–H groups in total. The molecule has 0 aliphatic heterocycles. The summed E-state index contributed by atoms with van der Waals surface area (Å²) >= 11 is 0. The topological polar surface area (TPSA) is 67.9 Å². The fraction of sp³-hybridized carbons (Fsp3) is 0.250. The lowest BCUT2D eigenvalue weighted by atomic mass is 10.2. The van der Waals surface area contributed by atoms with Crippen molar-refractivity contribution in [2.24, 2.45) is 0 Å². The summed E-state index contributed by atoms with van der Waals surface area (Å²) in [5.41, 5.74) is 2.36. The van der Waals surface area contributed by atoms with Crippen molar-refractivity contribution in [2.45, 2.75) is 13.3 Å². The molecule has 0 spiro atoms. The first-order chi connectivity index (χ1) is 8.29. The molecule has 0 fully saturated rings. The first kappa shape index (κ1) is 11.1. The number of aromatic nitrogens is 3. The van der Waals surface area contributed by atoms with Crippen LogP contribution in [0, 0.1) is 11.8 Å². The molecular weight excluding hydrogens is 218 g/mol. The number of aromatic amines is 1. The summed E-state index contributed by atoms with van der Waals surface area (Å²) in [6.45, 7) is 2.14. The molecule has 2 heterocycles. The molecule has 5 heteroatoms. The van der Waals surface area contributed by atoms with Crippen LogP contribution in [0.5, 0.6) is 0 Å². The Morgan fingerprint density at radius 2 is 2.41 bits per heavy atom. The van der Waals surface area contributed by atoms with Crippen molar-refractivity contribution in [3.63, 3.8) is 0 Å². The van der Waals surface area contributed by atoms with Crippen LogP contribution in [0.25, 0.3) is 11.0 Å². The van der Waals surface area contributed by atoms with Gasteiger partial charge in [-0.15, -0.1) is 0 Å². The van der Waals surface area contributed by atoms with Crippen LogP contribution >= 0.6 is 0 Å².